The van der Waals surface area contributed by atoms with Gasteiger partial charge in [-0.15, -0.1) is 0 Å². The number of hydrogen-bond donors (Lipinski definition) is 0. The molecule has 0 aromatic heterocycles. The molecule has 1 nitrogen and oxygen atoms in total. The van der Waals surface area contributed by atoms with E-state index in [4.69, 9.17) is 0 Å². The van der Waals surface area contributed by atoms with E-state index in [2.05, 4.69) is 13.8 Å². The Kier molecular flexibility index (Phi) is 9.43. The summed E-state index contributed by atoms with van der Waals surface area (Å²) in [7, 11) is 0. The van der Waals surface area contributed by atoms with Crippen LogP contribution in [0.4, 0.5) is 0 Å². The summed E-state index contributed by atoms with van der Waals surface area (Å²) in [5.74, 6) is 4.21. The van der Waals surface area contributed by atoms with Crippen LogP contribution >= 0.6 is 0 Å². The zero-order chi connectivity index (χ0) is 17.2. The third-order valence-corrected chi connectivity index (χ3v) is 7.06. The summed E-state index contributed by atoms with van der Waals surface area (Å²) in [5, 5.41) is 0. The molecule has 5 unspecified atom stereocenters. The van der Waals surface area contributed by atoms with E-state index >= 15 is 0 Å². The van der Waals surface area contributed by atoms with E-state index in [1.165, 1.54) is 96.2 Å². The molecular weight excluding hydrogens is 292 g/mol. The molecule has 0 N–H and O–H groups in total. The topological polar surface area (TPSA) is 17.1 Å². The molecule has 140 valence electrons. The molecule has 0 saturated heterocycles. The summed E-state index contributed by atoms with van der Waals surface area (Å²) >= 11 is 0. The maximum Gasteiger partial charge on any atom is 0.123 e. The minimum atomic E-state index is 0.383. The normalized spacial score (nSPS) is 34.2. The molecule has 2 aliphatic rings. The minimum Gasteiger partial charge on any atom is -0.303 e. The summed E-state index contributed by atoms with van der Waals surface area (Å²) < 4.78 is 0. The fourth-order valence-electron chi connectivity index (χ4n) is 5.42. The van der Waals surface area contributed by atoms with E-state index in [9.17, 15) is 4.79 Å². The van der Waals surface area contributed by atoms with Gasteiger partial charge in [0.1, 0.15) is 6.29 Å². The molecule has 2 aliphatic carbocycles. The first-order valence-electron chi connectivity index (χ1n) is 11.1. The average molecular weight is 335 g/mol. The maximum absolute atomic E-state index is 10.9. The second-order valence-electron chi connectivity index (χ2n) is 9.28. The SMILES string of the molecule is CC1CCC(CCCCCCCCC2CCCC(C=O)C2)C(C)C1. The van der Waals surface area contributed by atoms with Crippen molar-refractivity contribution >= 4 is 6.29 Å². The standard InChI is InChI=1S/C23H42O/c1-19-14-15-23(20(2)16-19)13-8-6-4-3-5-7-10-21-11-9-12-22(17-21)18-24/h18-23H,3-17H2,1-2H3. The van der Waals surface area contributed by atoms with Gasteiger partial charge in [-0.25, -0.2) is 0 Å². The number of rotatable bonds is 10. The Labute approximate surface area is 151 Å². The van der Waals surface area contributed by atoms with Gasteiger partial charge in [-0.3, -0.25) is 0 Å². The maximum atomic E-state index is 10.9. The van der Waals surface area contributed by atoms with Crippen molar-refractivity contribution in [2.45, 2.75) is 110 Å². The Morgan fingerprint density at radius 1 is 0.792 bits per heavy atom. The monoisotopic (exact) mass is 334 g/mol. The highest BCUT2D eigenvalue weighted by molar-refractivity contribution is 5.53. The van der Waals surface area contributed by atoms with Crippen LogP contribution in [0.1, 0.15) is 110 Å². The lowest BCUT2D eigenvalue weighted by molar-refractivity contribution is -0.112. The summed E-state index contributed by atoms with van der Waals surface area (Å²) in [4.78, 5) is 10.9. The molecule has 0 aliphatic heterocycles. The van der Waals surface area contributed by atoms with Gasteiger partial charge in [-0.1, -0.05) is 84.5 Å². The van der Waals surface area contributed by atoms with E-state index in [0.717, 1.165) is 30.1 Å². The van der Waals surface area contributed by atoms with E-state index < -0.39 is 0 Å². The van der Waals surface area contributed by atoms with E-state index in [1.807, 2.05) is 0 Å². The fraction of sp³-hybridized carbons (Fsp3) is 0.957. The van der Waals surface area contributed by atoms with Crippen LogP contribution in [0, 0.1) is 29.6 Å². The number of unbranched alkanes of at least 4 members (excludes halogenated alkanes) is 5. The Balaban J connectivity index is 1.41. The van der Waals surface area contributed by atoms with Gasteiger partial charge in [-0.2, -0.15) is 0 Å². The number of carbonyl (C=O) groups is 1. The van der Waals surface area contributed by atoms with Crippen LogP contribution in [0.25, 0.3) is 0 Å². The molecule has 2 rings (SSSR count). The predicted molar refractivity (Wildman–Crippen MR) is 104 cm³/mol. The number of hydrogen-bond acceptors (Lipinski definition) is 1. The predicted octanol–water partition coefficient (Wildman–Crippen LogP) is 7.18. The lowest BCUT2D eigenvalue weighted by Crippen LogP contribution is -2.21. The minimum absolute atomic E-state index is 0.383. The molecule has 5 atom stereocenters. The first-order valence-corrected chi connectivity index (χ1v) is 11.1. The van der Waals surface area contributed by atoms with E-state index in [1.54, 1.807) is 0 Å². The van der Waals surface area contributed by atoms with Crippen molar-refractivity contribution in [1.29, 1.82) is 0 Å². The van der Waals surface area contributed by atoms with Crippen LogP contribution in [-0.2, 0) is 4.79 Å². The van der Waals surface area contributed by atoms with Crippen LogP contribution in [0.15, 0.2) is 0 Å². The molecule has 0 heterocycles. The van der Waals surface area contributed by atoms with Crippen LogP contribution in [-0.4, -0.2) is 6.29 Å². The van der Waals surface area contributed by atoms with E-state index in [0.29, 0.717) is 5.92 Å². The molecule has 2 saturated carbocycles. The zero-order valence-corrected chi connectivity index (χ0v) is 16.5. The van der Waals surface area contributed by atoms with Crippen molar-refractivity contribution in [2.75, 3.05) is 0 Å². The first-order chi connectivity index (χ1) is 11.7. The third kappa shape index (κ3) is 7.28. The Morgan fingerprint density at radius 2 is 1.50 bits per heavy atom. The molecule has 0 aromatic carbocycles. The number of carbonyl (C=O) groups excluding carboxylic acids is 1. The van der Waals surface area contributed by atoms with Gasteiger partial charge in [0, 0.05) is 5.92 Å². The van der Waals surface area contributed by atoms with Crippen LogP contribution < -0.4 is 0 Å². The third-order valence-electron chi connectivity index (χ3n) is 7.06. The van der Waals surface area contributed by atoms with Crippen molar-refractivity contribution in [3.8, 4) is 0 Å². The zero-order valence-electron chi connectivity index (χ0n) is 16.5. The highest BCUT2D eigenvalue weighted by Crippen LogP contribution is 2.36. The second-order valence-corrected chi connectivity index (χ2v) is 9.28. The fourth-order valence-corrected chi connectivity index (χ4v) is 5.42. The van der Waals surface area contributed by atoms with E-state index in [-0.39, 0.29) is 0 Å². The Morgan fingerprint density at radius 3 is 2.21 bits per heavy atom. The second kappa shape index (κ2) is 11.3. The van der Waals surface area contributed by atoms with Crippen LogP contribution in [0.3, 0.4) is 0 Å². The highest BCUT2D eigenvalue weighted by Gasteiger charge is 2.24. The quantitative estimate of drug-likeness (QED) is 0.305. The van der Waals surface area contributed by atoms with Crippen molar-refractivity contribution in [1.82, 2.24) is 0 Å². The van der Waals surface area contributed by atoms with Gasteiger partial charge in [0.25, 0.3) is 0 Å². The van der Waals surface area contributed by atoms with Gasteiger partial charge < -0.3 is 4.79 Å². The van der Waals surface area contributed by atoms with Gasteiger partial charge >= 0.3 is 0 Å². The first kappa shape index (κ1) is 20.0. The summed E-state index contributed by atoms with van der Waals surface area (Å²) in [5.41, 5.74) is 0. The molecule has 0 aromatic rings. The Hall–Kier alpha value is -0.330. The van der Waals surface area contributed by atoms with Crippen molar-refractivity contribution < 1.29 is 4.79 Å². The Bertz CT molecular complexity index is 337. The summed E-state index contributed by atoms with van der Waals surface area (Å²) in [6.07, 6.45) is 22.1. The largest absolute Gasteiger partial charge is 0.303 e. The van der Waals surface area contributed by atoms with Gasteiger partial charge in [0.2, 0.25) is 0 Å². The molecule has 24 heavy (non-hydrogen) atoms. The van der Waals surface area contributed by atoms with Gasteiger partial charge in [-0.05, 0) is 49.4 Å². The highest BCUT2D eigenvalue weighted by atomic mass is 16.1. The van der Waals surface area contributed by atoms with Crippen molar-refractivity contribution in [3.63, 3.8) is 0 Å². The molecule has 0 bridgehead atoms. The lowest BCUT2D eigenvalue weighted by atomic mass is 9.73. The summed E-state index contributed by atoms with van der Waals surface area (Å²) in [6.45, 7) is 4.92. The van der Waals surface area contributed by atoms with Crippen LogP contribution in [0.2, 0.25) is 0 Å². The molecule has 0 amide bonds. The molecule has 0 spiro atoms. The molecular formula is C23H42O. The molecule has 0 radical (unpaired) electrons. The van der Waals surface area contributed by atoms with Gasteiger partial charge in [0.15, 0.2) is 0 Å². The van der Waals surface area contributed by atoms with Crippen molar-refractivity contribution in [2.24, 2.45) is 29.6 Å². The smallest absolute Gasteiger partial charge is 0.123 e. The van der Waals surface area contributed by atoms with Gasteiger partial charge in [0.05, 0.1) is 0 Å². The number of aldehydes is 1. The van der Waals surface area contributed by atoms with Crippen molar-refractivity contribution in [3.05, 3.63) is 0 Å². The molecule has 2 fully saturated rings. The molecule has 1 heteroatoms. The lowest BCUT2D eigenvalue weighted by Gasteiger charge is -2.32. The summed E-state index contributed by atoms with van der Waals surface area (Å²) in [6, 6.07) is 0. The average Bonchev–Trinajstić information content (AvgIpc) is 2.59. The van der Waals surface area contributed by atoms with Crippen LogP contribution in [0.5, 0.6) is 0 Å².